The van der Waals surface area contributed by atoms with Crippen molar-refractivity contribution in [2.75, 3.05) is 13.1 Å². The van der Waals surface area contributed by atoms with Crippen molar-refractivity contribution in [3.8, 4) is 0 Å². The van der Waals surface area contributed by atoms with Crippen LogP contribution in [0.1, 0.15) is 50.0 Å². The number of benzene rings is 1. The van der Waals surface area contributed by atoms with Gasteiger partial charge in [0.2, 0.25) is 5.91 Å². The van der Waals surface area contributed by atoms with Gasteiger partial charge in [-0.2, -0.15) is 0 Å². The van der Waals surface area contributed by atoms with Gasteiger partial charge in [-0.1, -0.05) is 34.5 Å². The van der Waals surface area contributed by atoms with Crippen LogP contribution in [0.25, 0.3) is 0 Å². The molecule has 24 heavy (non-hydrogen) atoms. The van der Waals surface area contributed by atoms with E-state index in [2.05, 4.69) is 34.1 Å². The number of piperidine rings is 1. The van der Waals surface area contributed by atoms with Crippen LogP contribution in [-0.2, 0) is 9.59 Å². The summed E-state index contributed by atoms with van der Waals surface area (Å²) in [4.78, 5) is 25.9. The van der Waals surface area contributed by atoms with Crippen molar-refractivity contribution in [1.29, 1.82) is 0 Å². The van der Waals surface area contributed by atoms with Gasteiger partial charge in [-0.25, -0.2) is 0 Å². The van der Waals surface area contributed by atoms with Crippen molar-refractivity contribution in [3.63, 3.8) is 0 Å². The standard InChI is InChI=1S/C19H24BrNO3/c20-17-6-2-3-14(12-17)13-7-9-21(10-8-13)18(22)15-4-1-5-16(11-15)19(23)24/h2-3,6,12-13,15-16H,1,4-5,7-11H2,(H,23,24). The Hall–Kier alpha value is -1.36. The maximum Gasteiger partial charge on any atom is 0.306 e. The van der Waals surface area contributed by atoms with E-state index in [1.54, 1.807) is 0 Å². The van der Waals surface area contributed by atoms with Crippen molar-refractivity contribution >= 4 is 27.8 Å². The monoisotopic (exact) mass is 393 g/mol. The molecule has 2 atom stereocenters. The second-order valence-corrected chi connectivity index (χ2v) is 7.97. The van der Waals surface area contributed by atoms with Gasteiger partial charge in [-0.15, -0.1) is 0 Å². The van der Waals surface area contributed by atoms with Gasteiger partial charge >= 0.3 is 5.97 Å². The quantitative estimate of drug-likeness (QED) is 0.842. The summed E-state index contributed by atoms with van der Waals surface area (Å²) in [6, 6.07) is 8.42. The van der Waals surface area contributed by atoms with Gasteiger partial charge in [-0.3, -0.25) is 9.59 Å². The van der Waals surface area contributed by atoms with E-state index >= 15 is 0 Å². The van der Waals surface area contributed by atoms with Crippen molar-refractivity contribution < 1.29 is 14.7 Å². The SMILES string of the molecule is O=C(O)C1CCCC(C(=O)N2CCC(c3cccc(Br)c3)CC2)C1. The Morgan fingerprint density at radius 1 is 1.08 bits per heavy atom. The molecular weight excluding hydrogens is 370 g/mol. The molecule has 1 saturated carbocycles. The first kappa shape index (κ1) is 17.5. The van der Waals surface area contributed by atoms with Gasteiger partial charge in [0.05, 0.1) is 5.92 Å². The molecule has 2 unspecified atom stereocenters. The van der Waals surface area contributed by atoms with Crippen LogP contribution in [0.3, 0.4) is 0 Å². The molecule has 2 fully saturated rings. The molecule has 130 valence electrons. The fourth-order valence-corrected chi connectivity index (χ4v) is 4.51. The highest BCUT2D eigenvalue weighted by Gasteiger charge is 2.34. The van der Waals surface area contributed by atoms with E-state index in [9.17, 15) is 14.7 Å². The summed E-state index contributed by atoms with van der Waals surface area (Å²) in [5, 5.41) is 9.20. The van der Waals surface area contributed by atoms with E-state index in [-0.39, 0.29) is 17.7 Å². The van der Waals surface area contributed by atoms with Crippen molar-refractivity contribution in [3.05, 3.63) is 34.3 Å². The zero-order chi connectivity index (χ0) is 17.1. The topological polar surface area (TPSA) is 57.6 Å². The van der Waals surface area contributed by atoms with E-state index in [0.717, 1.165) is 43.2 Å². The summed E-state index contributed by atoms with van der Waals surface area (Å²) in [5.74, 6) is -0.506. The normalized spacial score (nSPS) is 25.5. The Bertz CT molecular complexity index is 610. The zero-order valence-corrected chi connectivity index (χ0v) is 15.4. The Morgan fingerprint density at radius 2 is 1.79 bits per heavy atom. The molecule has 3 rings (SSSR count). The second kappa shape index (κ2) is 7.68. The molecular formula is C19H24BrNO3. The molecule has 1 N–H and O–H groups in total. The number of hydrogen-bond acceptors (Lipinski definition) is 2. The lowest BCUT2D eigenvalue weighted by atomic mass is 9.80. The first-order valence-corrected chi connectivity index (χ1v) is 9.61. The zero-order valence-electron chi connectivity index (χ0n) is 13.8. The molecule has 1 aliphatic heterocycles. The second-order valence-electron chi connectivity index (χ2n) is 7.05. The lowest BCUT2D eigenvalue weighted by Gasteiger charge is -2.36. The molecule has 1 heterocycles. The minimum atomic E-state index is -0.749. The van der Waals surface area contributed by atoms with Crippen molar-refractivity contribution in [2.45, 2.75) is 44.4 Å². The van der Waals surface area contributed by atoms with E-state index in [1.807, 2.05) is 11.0 Å². The number of likely N-dealkylation sites (tertiary alicyclic amines) is 1. The highest BCUT2D eigenvalue weighted by Crippen LogP contribution is 2.34. The molecule has 1 amide bonds. The van der Waals surface area contributed by atoms with Crippen LogP contribution >= 0.6 is 15.9 Å². The van der Waals surface area contributed by atoms with Gasteiger partial charge in [0, 0.05) is 23.5 Å². The summed E-state index contributed by atoms with van der Waals surface area (Å²) >= 11 is 3.52. The third kappa shape index (κ3) is 4.00. The highest BCUT2D eigenvalue weighted by molar-refractivity contribution is 9.10. The third-order valence-electron chi connectivity index (χ3n) is 5.50. The number of carbonyl (C=O) groups is 2. The van der Waals surface area contributed by atoms with Gasteiger partial charge in [0.15, 0.2) is 0 Å². The number of hydrogen-bond donors (Lipinski definition) is 1. The van der Waals surface area contributed by atoms with Crippen molar-refractivity contribution in [1.82, 2.24) is 4.90 Å². The lowest BCUT2D eigenvalue weighted by Crippen LogP contribution is -2.43. The first-order chi connectivity index (χ1) is 11.5. The Balaban J connectivity index is 1.56. The largest absolute Gasteiger partial charge is 0.481 e. The van der Waals surface area contributed by atoms with E-state index < -0.39 is 5.97 Å². The third-order valence-corrected chi connectivity index (χ3v) is 5.99. The number of carboxylic acid groups (broad SMARTS) is 1. The fraction of sp³-hybridized carbons (Fsp3) is 0.579. The number of carboxylic acids is 1. The van der Waals surface area contributed by atoms with Crippen LogP contribution in [0.15, 0.2) is 28.7 Å². The Morgan fingerprint density at radius 3 is 2.46 bits per heavy atom. The van der Waals surface area contributed by atoms with E-state index in [4.69, 9.17) is 0 Å². The maximum atomic E-state index is 12.7. The predicted molar refractivity (Wildman–Crippen MR) is 95.8 cm³/mol. The molecule has 1 aromatic rings. The summed E-state index contributed by atoms with van der Waals surface area (Å²) in [7, 11) is 0. The summed E-state index contributed by atoms with van der Waals surface area (Å²) in [6.45, 7) is 1.56. The molecule has 5 heteroatoms. The average Bonchev–Trinajstić information content (AvgIpc) is 2.61. The van der Waals surface area contributed by atoms with Gasteiger partial charge in [0.25, 0.3) is 0 Å². The molecule has 1 aliphatic carbocycles. The smallest absolute Gasteiger partial charge is 0.306 e. The lowest BCUT2D eigenvalue weighted by molar-refractivity contribution is -0.145. The number of carbonyl (C=O) groups excluding carboxylic acids is 1. The number of aliphatic carboxylic acids is 1. The molecule has 1 aromatic carbocycles. The minimum absolute atomic E-state index is 0.0951. The highest BCUT2D eigenvalue weighted by atomic mass is 79.9. The Labute approximate surface area is 151 Å². The summed E-state index contributed by atoms with van der Waals surface area (Å²) in [5.41, 5.74) is 1.33. The summed E-state index contributed by atoms with van der Waals surface area (Å²) in [6.07, 6.45) is 4.88. The fourth-order valence-electron chi connectivity index (χ4n) is 4.09. The Kier molecular flexibility index (Phi) is 5.59. The average molecular weight is 394 g/mol. The minimum Gasteiger partial charge on any atom is -0.481 e. The van der Waals surface area contributed by atoms with Gasteiger partial charge in [-0.05, 0) is 55.7 Å². The molecule has 4 nitrogen and oxygen atoms in total. The van der Waals surface area contributed by atoms with Crippen LogP contribution in [0.5, 0.6) is 0 Å². The maximum absolute atomic E-state index is 12.7. The van der Waals surface area contributed by atoms with Gasteiger partial charge < -0.3 is 10.0 Å². The van der Waals surface area contributed by atoms with Gasteiger partial charge in [0.1, 0.15) is 0 Å². The number of rotatable bonds is 3. The van der Waals surface area contributed by atoms with Crippen LogP contribution in [0, 0.1) is 11.8 Å². The molecule has 0 spiro atoms. The first-order valence-electron chi connectivity index (χ1n) is 8.81. The van der Waals surface area contributed by atoms with E-state index in [1.165, 1.54) is 5.56 Å². The molecule has 0 bridgehead atoms. The van der Waals surface area contributed by atoms with Crippen LogP contribution in [0.4, 0.5) is 0 Å². The number of halogens is 1. The van der Waals surface area contributed by atoms with Crippen molar-refractivity contribution in [2.24, 2.45) is 11.8 Å². The predicted octanol–water partition coefficient (Wildman–Crippen LogP) is 4.05. The molecule has 0 radical (unpaired) electrons. The van der Waals surface area contributed by atoms with Crippen LogP contribution in [0.2, 0.25) is 0 Å². The van der Waals surface area contributed by atoms with E-state index in [0.29, 0.717) is 18.8 Å². The summed E-state index contributed by atoms with van der Waals surface area (Å²) < 4.78 is 1.10. The molecule has 0 aromatic heterocycles. The molecule has 2 aliphatic rings. The number of amides is 1. The van der Waals surface area contributed by atoms with Crippen LogP contribution in [-0.4, -0.2) is 35.0 Å². The van der Waals surface area contributed by atoms with Crippen LogP contribution < -0.4 is 0 Å². The molecule has 1 saturated heterocycles. The number of nitrogens with zero attached hydrogens (tertiary/aromatic N) is 1.